The first kappa shape index (κ1) is 16.4. The summed E-state index contributed by atoms with van der Waals surface area (Å²) in [6, 6.07) is 12.6. The molecular weight excluding hydrogens is 306 g/mol. The van der Waals surface area contributed by atoms with E-state index in [0.717, 1.165) is 11.1 Å². The van der Waals surface area contributed by atoms with Crippen LogP contribution < -0.4 is 16.2 Å². The Bertz CT molecular complexity index is 755. The lowest BCUT2D eigenvalue weighted by Gasteiger charge is -2.11. The fourth-order valence-electron chi connectivity index (χ4n) is 2.78. The second-order valence-electron chi connectivity index (χ2n) is 6.05. The number of carbonyl (C=O) groups is 1. The van der Waals surface area contributed by atoms with E-state index in [1.54, 1.807) is 16.8 Å². The Morgan fingerprint density at radius 3 is 2.62 bits per heavy atom. The van der Waals surface area contributed by atoms with Gasteiger partial charge < -0.3 is 20.3 Å². The van der Waals surface area contributed by atoms with Crippen LogP contribution in [0.25, 0.3) is 0 Å². The third-order valence-electron chi connectivity index (χ3n) is 4.17. The number of hydrogen-bond donors (Lipinski definition) is 3. The average Bonchev–Trinajstić information content (AvgIpc) is 3.03. The molecule has 1 amide bonds. The number of nitrogens with one attached hydrogen (secondary N) is 2. The van der Waals surface area contributed by atoms with Gasteiger partial charge in [-0.25, -0.2) is 0 Å². The summed E-state index contributed by atoms with van der Waals surface area (Å²) < 4.78 is 1.65. The summed E-state index contributed by atoms with van der Waals surface area (Å²) in [4.78, 5) is 23.7. The SMILES string of the molecule is O=C(NCc1ccc(Cn2ccccc2=O)cc1)[C@H]1C[C@@H](O)CN1. The topological polar surface area (TPSA) is 83.4 Å². The number of aromatic nitrogens is 1. The summed E-state index contributed by atoms with van der Waals surface area (Å²) in [5.41, 5.74) is 1.99. The highest BCUT2D eigenvalue weighted by Gasteiger charge is 2.27. The van der Waals surface area contributed by atoms with Crippen molar-refractivity contribution < 1.29 is 9.90 Å². The molecule has 1 aliphatic rings. The molecule has 2 heterocycles. The van der Waals surface area contributed by atoms with Crippen molar-refractivity contribution in [1.29, 1.82) is 0 Å². The summed E-state index contributed by atoms with van der Waals surface area (Å²) >= 11 is 0. The van der Waals surface area contributed by atoms with Crippen LogP contribution in [0.5, 0.6) is 0 Å². The Balaban J connectivity index is 1.54. The molecule has 0 unspecified atom stereocenters. The zero-order valence-corrected chi connectivity index (χ0v) is 13.3. The minimum atomic E-state index is -0.443. The maximum absolute atomic E-state index is 12.0. The van der Waals surface area contributed by atoms with Crippen LogP contribution in [0.1, 0.15) is 17.5 Å². The third kappa shape index (κ3) is 4.10. The van der Waals surface area contributed by atoms with Gasteiger partial charge in [-0.15, -0.1) is 0 Å². The van der Waals surface area contributed by atoms with Crippen LogP contribution in [0.3, 0.4) is 0 Å². The predicted molar refractivity (Wildman–Crippen MR) is 90.5 cm³/mol. The molecule has 0 spiro atoms. The Labute approximate surface area is 140 Å². The molecule has 3 rings (SSSR count). The number of aliphatic hydroxyl groups is 1. The number of β-amino-alcohol motifs (C(OH)–C–C–N with tert-alkyl or cyclic N) is 1. The fraction of sp³-hybridized carbons (Fsp3) is 0.333. The van der Waals surface area contributed by atoms with Crippen molar-refractivity contribution in [1.82, 2.24) is 15.2 Å². The van der Waals surface area contributed by atoms with Crippen LogP contribution in [0, 0.1) is 0 Å². The van der Waals surface area contributed by atoms with Crippen molar-refractivity contribution in [2.45, 2.75) is 31.7 Å². The van der Waals surface area contributed by atoms with E-state index in [4.69, 9.17) is 0 Å². The molecule has 6 heteroatoms. The Morgan fingerprint density at radius 2 is 1.96 bits per heavy atom. The van der Waals surface area contributed by atoms with E-state index < -0.39 is 6.10 Å². The Hall–Kier alpha value is -2.44. The summed E-state index contributed by atoms with van der Waals surface area (Å²) in [6.45, 7) is 1.43. The van der Waals surface area contributed by atoms with Gasteiger partial charge in [-0.1, -0.05) is 30.3 Å². The second kappa shape index (κ2) is 7.42. The monoisotopic (exact) mass is 327 g/mol. The van der Waals surface area contributed by atoms with Crippen LogP contribution in [0.4, 0.5) is 0 Å². The van der Waals surface area contributed by atoms with E-state index in [1.165, 1.54) is 6.07 Å². The smallest absolute Gasteiger partial charge is 0.250 e. The highest BCUT2D eigenvalue weighted by Crippen LogP contribution is 2.08. The van der Waals surface area contributed by atoms with Crippen molar-refractivity contribution in [3.63, 3.8) is 0 Å². The van der Waals surface area contributed by atoms with Gasteiger partial charge in [0, 0.05) is 25.4 Å². The van der Waals surface area contributed by atoms with Gasteiger partial charge in [-0.2, -0.15) is 0 Å². The van der Waals surface area contributed by atoms with E-state index in [0.29, 0.717) is 26.1 Å². The van der Waals surface area contributed by atoms with Crippen LogP contribution in [-0.4, -0.2) is 34.3 Å². The third-order valence-corrected chi connectivity index (χ3v) is 4.17. The standard InChI is InChI=1S/C18H21N3O3/c22-15-9-16(19-11-15)18(24)20-10-13-4-6-14(7-5-13)12-21-8-2-1-3-17(21)23/h1-8,15-16,19,22H,9-12H2,(H,20,24)/t15-,16-/m1/s1. The second-order valence-corrected chi connectivity index (χ2v) is 6.05. The fourth-order valence-corrected chi connectivity index (χ4v) is 2.78. The van der Waals surface area contributed by atoms with E-state index in [-0.39, 0.29) is 17.5 Å². The van der Waals surface area contributed by atoms with Gasteiger partial charge in [-0.05, 0) is 23.6 Å². The van der Waals surface area contributed by atoms with Crippen LogP contribution in [-0.2, 0) is 17.9 Å². The van der Waals surface area contributed by atoms with Gasteiger partial charge in [0.15, 0.2) is 0 Å². The molecule has 1 aromatic carbocycles. The molecular formula is C18H21N3O3. The number of nitrogens with zero attached hydrogens (tertiary/aromatic N) is 1. The molecule has 6 nitrogen and oxygen atoms in total. The molecule has 24 heavy (non-hydrogen) atoms. The molecule has 3 N–H and O–H groups in total. The highest BCUT2D eigenvalue weighted by atomic mass is 16.3. The molecule has 0 radical (unpaired) electrons. The van der Waals surface area contributed by atoms with E-state index in [1.807, 2.05) is 30.3 Å². The largest absolute Gasteiger partial charge is 0.392 e. The first-order valence-corrected chi connectivity index (χ1v) is 8.04. The van der Waals surface area contributed by atoms with Gasteiger partial charge in [0.05, 0.1) is 18.7 Å². The zero-order chi connectivity index (χ0) is 16.9. The van der Waals surface area contributed by atoms with Gasteiger partial charge >= 0.3 is 0 Å². The lowest BCUT2D eigenvalue weighted by Crippen LogP contribution is -2.39. The summed E-state index contributed by atoms with van der Waals surface area (Å²) in [5.74, 6) is -0.0912. The normalized spacial score (nSPS) is 20.0. The van der Waals surface area contributed by atoms with E-state index in [2.05, 4.69) is 10.6 Å². The van der Waals surface area contributed by atoms with Crippen molar-refractivity contribution >= 4 is 5.91 Å². The maximum Gasteiger partial charge on any atom is 0.250 e. The molecule has 1 aromatic heterocycles. The first-order valence-electron chi connectivity index (χ1n) is 8.04. The van der Waals surface area contributed by atoms with Crippen LogP contribution in [0.15, 0.2) is 53.5 Å². The minimum Gasteiger partial charge on any atom is -0.392 e. The van der Waals surface area contributed by atoms with Crippen molar-refractivity contribution in [3.05, 3.63) is 70.1 Å². The molecule has 1 fully saturated rings. The zero-order valence-electron chi connectivity index (χ0n) is 13.3. The maximum atomic E-state index is 12.0. The molecule has 1 aliphatic heterocycles. The van der Waals surface area contributed by atoms with Crippen LogP contribution in [0.2, 0.25) is 0 Å². The quantitative estimate of drug-likeness (QED) is 0.734. The van der Waals surface area contributed by atoms with Gasteiger partial charge in [-0.3, -0.25) is 9.59 Å². The molecule has 0 aliphatic carbocycles. The number of aliphatic hydroxyl groups excluding tert-OH is 1. The van der Waals surface area contributed by atoms with E-state index in [9.17, 15) is 14.7 Å². The lowest BCUT2D eigenvalue weighted by molar-refractivity contribution is -0.123. The van der Waals surface area contributed by atoms with Crippen molar-refractivity contribution in [2.75, 3.05) is 6.54 Å². The van der Waals surface area contributed by atoms with Gasteiger partial charge in [0.1, 0.15) is 0 Å². The Morgan fingerprint density at radius 1 is 1.21 bits per heavy atom. The highest BCUT2D eigenvalue weighted by molar-refractivity contribution is 5.82. The number of amides is 1. The molecule has 2 atom stereocenters. The van der Waals surface area contributed by atoms with Gasteiger partial charge in [0.25, 0.3) is 5.56 Å². The van der Waals surface area contributed by atoms with Gasteiger partial charge in [0.2, 0.25) is 5.91 Å². The average molecular weight is 327 g/mol. The van der Waals surface area contributed by atoms with Crippen LogP contribution >= 0.6 is 0 Å². The number of pyridine rings is 1. The van der Waals surface area contributed by atoms with E-state index >= 15 is 0 Å². The number of carbonyl (C=O) groups excluding carboxylic acids is 1. The molecule has 126 valence electrons. The molecule has 2 aromatic rings. The summed E-state index contributed by atoms with van der Waals surface area (Å²) in [6.07, 6.45) is 1.78. The Kier molecular flexibility index (Phi) is 5.08. The molecule has 0 bridgehead atoms. The summed E-state index contributed by atoms with van der Waals surface area (Å²) in [7, 11) is 0. The first-order chi connectivity index (χ1) is 11.6. The molecule has 1 saturated heterocycles. The number of benzene rings is 1. The molecule has 0 saturated carbocycles. The van der Waals surface area contributed by atoms with Crippen molar-refractivity contribution in [2.24, 2.45) is 0 Å². The number of hydrogen-bond acceptors (Lipinski definition) is 4. The number of rotatable bonds is 5. The predicted octanol–water partition coefficient (Wildman–Crippen LogP) is 0.236. The minimum absolute atomic E-state index is 0.0277. The summed E-state index contributed by atoms with van der Waals surface area (Å²) in [5, 5.41) is 15.3. The lowest BCUT2D eigenvalue weighted by atomic mass is 10.1. The van der Waals surface area contributed by atoms with Crippen molar-refractivity contribution in [3.8, 4) is 0 Å².